The molecule has 0 saturated carbocycles. The van der Waals surface area contributed by atoms with Gasteiger partial charge in [0, 0.05) is 17.7 Å². The molecule has 0 heterocycles. The lowest BCUT2D eigenvalue weighted by molar-refractivity contribution is -0.150. The van der Waals surface area contributed by atoms with Crippen LogP contribution in [-0.4, -0.2) is 53.7 Å². The molecule has 12 heteroatoms. The predicted molar refractivity (Wildman–Crippen MR) is 179 cm³/mol. The fraction of sp³-hybridized carbons (Fsp3) is 0.533. The molecule has 0 fully saturated rings. The van der Waals surface area contributed by atoms with E-state index in [9.17, 15) is 9.59 Å². The number of esters is 2. The third-order valence-corrected chi connectivity index (χ3v) is 14.7. The molecule has 2 N–H and O–H groups in total. The van der Waals surface area contributed by atoms with Crippen LogP contribution in [0.4, 0.5) is 0 Å². The second kappa shape index (κ2) is 16.9. The summed E-state index contributed by atoms with van der Waals surface area (Å²) in [5.41, 5.74) is 0.0769. The van der Waals surface area contributed by atoms with Crippen molar-refractivity contribution in [3.8, 4) is 11.5 Å². The lowest BCUT2D eigenvalue weighted by atomic mass is 10.1. The largest absolute Gasteiger partial charge is 0.493 e. The topological polar surface area (TPSA) is 95.1 Å². The standard InChI is InChI=1S/C30H46N2O6P2S2/c1-21(2)36-29(34)25(6)32-40(42,38-27-17-13-10-14-18-27)30(7,8)19-22(3)37-28(33)24(5)31-39(41)23(4)20-35-26-15-11-9-12-16-26/h9-18,21-25,39H,19-20H2,1-8H3,(H,31,41)(H,32,42)/t22?,23?,24-,25+,40?/m1/s1. The number of carbonyl (C=O) groups excluding carboxylic acids is 2. The molecule has 6 atom stereocenters. The normalized spacial score (nSPS) is 16.8. The summed E-state index contributed by atoms with van der Waals surface area (Å²) in [5.74, 6) is 0.589. The first-order valence-electron chi connectivity index (χ1n) is 14.2. The van der Waals surface area contributed by atoms with Gasteiger partial charge in [-0.25, -0.2) is 5.09 Å². The van der Waals surface area contributed by atoms with Crippen LogP contribution in [0.15, 0.2) is 60.7 Å². The zero-order chi connectivity index (χ0) is 31.5. The Kier molecular flexibility index (Phi) is 14.6. The number of nitrogens with one attached hydrogen (secondary N) is 2. The zero-order valence-corrected chi connectivity index (χ0v) is 29.3. The van der Waals surface area contributed by atoms with Crippen LogP contribution in [0, 0.1) is 0 Å². The lowest BCUT2D eigenvalue weighted by Gasteiger charge is -2.40. The molecule has 4 unspecified atom stereocenters. The van der Waals surface area contributed by atoms with Gasteiger partial charge in [-0.15, -0.1) is 0 Å². The van der Waals surface area contributed by atoms with Crippen molar-refractivity contribution in [3.63, 3.8) is 0 Å². The van der Waals surface area contributed by atoms with Gasteiger partial charge in [0.05, 0.1) is 12.7 Å². The SMILES string of the molecule is CC(C)OC(=O)[C@H](C)NP(=S)(Oc1ccccc1)C(C)(C)CC(C)OC(=O)[C@@H](C)N[PH](=S)C(C)COc1ccccc1. The zero-order valence-electron chi connectivity index (χ0n) is 25.8. The number of rotatable bonds is 17. The smallest absolute Gasteiger partial charge is 0.323 e. The molecule has 0 aliphatic heterocycles. The Morgan fingerprint density at radius 3 is 1.93 bits per heavy atom. The van der Waals surface area contributed by atoms with E-state index in [4.69, 9.17) is 42.3 Å². The average Bonchev–Trinajstić information content (AvgIpc) is 2.91. The first-order chi connectivity index (χ1) is 19.6. The van der Waals surface area contributed by atoms with E-state index in [1.165, 1.54) is 0 Å². The van der Waals surface area contributed by atoms with Crippen LogP contribution in [-0.2, 0) is 42.7 Å². The van der Waals surface area contributed by atoms with E-state index >= 15 is 0 Å². The van der Waals surface area contributed by atoms with Crippen molar-refractivity contribution >= 4 is 48.8 Å². The van der Waals surface area contributed by atoms with Crippen molar-refractivity contribution in [1.29, 1.82) is 0 Å². The van der Waals surface area contributed by atoms with Crippen LogP contribution >= 0.6 is 13.3 Å². The highest BCUT2D eigenvalue weighted by Gasteiger charge is 2.42. The van der Waals surface area contributed by atoms with Gasteiger partial charge in [0.25, 0.3) is 0 Å². The summed E-state index contributed by atoms with van der Waals surface area (Å²) >= 11 is 11.9. The summed E-state index contributed by atoms with van der Waals surface area (Å²) in [6.07, 6.45) is -3.26. The molecule has 0 spiro atoms. The minimum absolute atomic E-state index is 0.0769. The Morgan fingerprint density at radius 2 is 1.38 bits per heavy atom. The second-order valence-electron chi connectivity index (χ2n) is 11.3. The van der Waals surface area contributed by atoms with Gasteiger partial charge in [-0.05, 0) is 77.1 Å². The van der Waals surface area contributed by atoms with Crippen LogP contribution in [0.2, 0.25) is 0 Å². The van der Waals surface area contributed by atoms with Gasteiger partial charge in [0.15, 0.2) is 6.42 Å². The molecule has 2 aromatic rings. The van der Waals surface area contributed by atoms with Crippen molar-refractivity contribution in [2.24, 2.45) is 0 Å². The minimum Gasteiger partial charge on any atom is -0.493 e. The van der Waals surface area contributed by atoms with E-state index in [2.05, 4.69) is 10.2 Å². The number of benzene rings is 2. The summed E-state index contributed by atoms with van der Waals surface area (Å²) in [5, 5.41) is 5.88. The van der Waals surface area contributed by atoms with Crippen molar-refractivity contribution in [2.45, 2.75) is 96.9 Å². The van der Waals surface area contributed by atoms with E-state index in [1.54, 1.807) is 27.7 Å². The van der Waals surface area contributed by atoms with Crippen LogP contribution in [0.5, 0.6) is 11.5 Å². The lowest BCUT2D eigenvalue weighted by Crippen LogP contribution is -2.43. The molecule has 2 rings (SSSR count). The first kappa shape index (κ1) is 36.4. The number of para-hydroxylation sites is 2. The van der Waals surface area contributed by atoms with Crippen LogP contribution in [0.25, 0.3) is 0 Å². The van der Waals surface area contributed by atoms with Crippen LogP contribution in [0.3, 0.4) is 0 Å². The van der Waals surface area contributed by atoms with Crippen LogP contribution < -0.4 is 19.4 Å². The molecule has 2 aromatic carbocycles. The summed E-state index contributed by atoms with van der Waals surface area (Å²) in [6.45, 7) is 13.8. The molecule has 0 saturated heterocycles. The van der Waals surface area contributed by atoms with E-state index in [1.807, 2.05) is 88.4 Å². The fourth-order valence-corrected chi connectivity index (χ4v) is 8.93. The highest BCUT2D eigenvalue weighted by Crippen LogP contribution is 2.58. The summed E-state index contributed by atoms with van der Waals surface area (Å²) < 4.78 is 23.5. The summed E-state index contributed by atoms with van der Waals surface area (Å²) in [4.78, 5) is 25.7. The van der Waals surface area contributed by atoms with Gasteiger partial charge in [-0.1, -0.05) is 69.0 Å². The fourth-order valence-electron chi connectivity index (χ4n) is 3.99. The van der Waals surface area contributed by atoms with Gasteiger partial charge in [-0.3, -0.25) is 14.7 Å². The molecule has 0 aliphatic carbocycles. The third kappa shape index (κ3) is 11.7. The average molecular weight is 657 g/mol. The molecule has 234 valence electrons. The molecule has 0 aromatic heterocycles. The first-order valence-corrected chi connectivity index (χ1v) is 19.6. The highest BCUT2D eigenvalue weighted by atomic mass is 32.4. The Hall–Kier alpha value is -1.80. The number of hydrogen-bond donors (Lipinski definition) is 2. The Labute approximate surface area is 262 Å². The maximum absolute atomic E-state index is 13.0. The molecular weight excluding hydrogens is 610 g/mol. The van der Waals surface area contributed by atoms with Crippen molar-refractivity contribution in [3.05, 3.63) is 60.7 Å². The maximum Gasteiger partial charge on any atom is 0.323 e. The highest BCUT2D eigenvalue weighted by molar-refractivity contribution is 8.12. The Bertz CT molecular complexity index is 1220. The Balaban J connectivity index is 2.04. The summed E-state index contributed by atoms with van der Waals surface area (Å²) in [6, 6.07) is 17.6. The van der Waals surface area contributed by atoms with Gasteiger partial charge in [-0.2, -0.15) is 0 Å². The van der Waals surface area contributed by atoms with Crippen molar-refractivity contribution in [1.82, 2.24) is 10.2 Å². The second-order valence-corrected chi connectivity index (χ2v) is 18.9. The molecule has 42 heavy (non-hydrogen) atoms. The van der Waals surface area contributed by atoms with Crippen LogP contribution in [0.1, 0.15) is 61.8 Å². The number of carbonyl (C=O) groups is 2. The van der Waals surface area contributed by atoms with E-state index in [0.717, 1.165) is 5.75 Å². The number of ether oxygens (including phenoxy) is 3. The van der Waals surface area contributed by atoms with E-state index in [0.29, 0.717) is 18.8 Å². The molecular formula is C30H46N2O6P2S2. The maximum atomic E-state index is 13.0. The molecule has 0 amide bonds. The van der Waals surface area contributed by atoms with E-state index in [-0.39, 0.29) is 17.7 Å². The molecule has 0 radical (unpaired) electrons. The minimum atomic E-state index is -2.94. The Morgan fingerprint density at radius 1 is 0.857 bits per heavy atom. The summed E-state index contributed by atoms with van der Waals surface area (Å²) in [7, 11) is 0. The monoisotopic (exact) mass is 656 g/mol. The predicted octanol–water partition coefficient (Wildman–Crippen LogP) is 6.44. The van der Waals surface area contributed by atoms with Crippen molar-refractivity contribution in [2.75, 3.05) is 6.61 Å². The molecule has 0 aliphatic rings. The number of hydrogen-bond acceptors (Lipinski definition) is 8. The third-order valence-electron chi connectivity index (χ3n) is 6.35. The van der Waals surface area contributed by atoms with Gasteiger partial charge >= 0.3 is 11.9 Å². The van der Waals surface area contributed by atoms with Gasteiger partial charge < -0.3 is 18.7 Å². The van der Waals surface area contributed by atoms with Crippen molar-refractivity contribution < 1.29 is 28.3 Å². The van der Waals surface area contributed by atoms with Gasteiger partial charge in [0.2, 0.25) is 0 Å². The molecule has 8 nitrogen and oxygen atoms in total. The van der Waals surface area contributed by atoms with Gasteiger partial charge in [0.1, 0.15) is 29.7 Å². The molecule has 0 bridgehead atoms. The van der Waals surface area contributed by atoms with E-state index < -0.39 is 42.6 Å². The quantitative estimate of drug-likeness (QED) is 0.146.